The molecule has 2 aromatic rings. The van der Waals surface area contributed by atoms with Gasteiger partial charge in [0.15, 0.2) is 0 Å². The van der Waals surface area contributed by atoms with Gasteiger partial charge < -0.3 is 15.2 Å². The first-order chi connectivity index (χ1) is 11.6. The Hall–Kier alpha value is -1.97. The van der Waals surface area contributed by atoms with Crippen LogP contribution in [0, 0.1) is 5.92 Å². The molecule has 2 aromatic carbocycles. The molecule has 5 heteroatoms. The molecule has 0 bridgehead atoms. The maximum absolute atomic E-state index is 11.5. The number of hydrogen-bond donors (Lipinski definition) is 1. The van der Waals surface area contributed by atoms with E-state index < -0.39 is 5.97 Å². The largest absolute Gasteiger partial charge is 0.545 e. The van der Waals surface area contributed by atoms with Crippen molar-refractivity contribution in [1.29, 1.82) is 0 Å². The number of aromatic carboxylic acids is 1. The third-order valence-corrected chi connectivity index (χ3v) is 5.48. The molecule has 0 saturated heterocycles. The van der Waals surface area contributed by atoms with Gasteiger partial charge in [0.1, 0.15) is 0 Å². The first-order valence-electron chi connectivity index (χ1n) is 7.78. The molecule has 1 heterocycles. The van der Waals surface area contributed by atoms with Crippen LogP contribution in [0.2, 0.25) is 10.0 Å². The van der Waals surface area contributed by atoms with Gasteiger partial charge in [0.25, 0.3) is 0 Å². The highest BCUT2D eigenvalue weighted by atomic mass is 35.5. The van der Waals surface area contributed by atoms with E-state index in [0.717, 1.165) is 17.5 Å². The van der Waals surface area contributed by atoms with E-state index in [1.54, 1.807) is 18.2 Å². The SMILES string of the molecule is O=C([O-])c1cccc2c1N[C@H](c1ccc(Cl)cc1Cl)[C@H]1CC=C[C@@H]21. The molecule has 0 saturated carbocycles. The summed E-state index contributed by atoms with van der Waals surface area (Å²) in [6.07, 6.45) is 5.21. The van der Waals surface area contributed by atoms with Gasteiger partial charge in [0, 0.05) is 27.2 Å². The first kappa shape index (κ1) is 15.6. The topological polar surface area (TPSA) is 52.2 Å². The van der Waals surface area contributed by atoms with E-state index in [1.165, 1.54) is 0 Å². The van der Waals surface area contributed by atoms with Crippen LogP contribution in [0.4, 0.5) is 5.69 Å². The molecular weight excluding hydrogens is 345 g/mol. The number of carbonyl (C=O) groups excluding carboxylic acids is 1. The quantitative estimate of drug-likeness (QED) is 0.819. The minimum Gasteiger partial charge on any atom is -0.545 e. The molecule has 0 aromatic heterocycles. The fourth-order valence-corrected chi connectivity index (χ4v) is 4.38. The third kappa shape index (κ3) is 2.40. The number of carboxylic acids is 1. The minimum absolute atomic E-state index is 0.0808. The van der Waals surface area contributed by atoms with Crippen LogP contribution in [-0.2, 0) is 0 Å². The van der Waals surface area contributed by atoms with Crippen molar-refractivity contribution in [2.24, 2.45) is 5.92 Å². The Kier molecular flexibility index (Phi) is 3.78. The Balaban J connectivity index is 1.86. The van der Waals surface area contributed by atoms with Gasteiger partial charge in [-0.25, -0.2) is 0 Å². The molecule has 2 aliphatic rings. The number of carbonyl (C=O) groups is 1. The van der Waals surface area contributed by atoms with Gasteiger partial charge in [-0.15, -0.1) is 0 Å². The maximum Gasteiger partial charge on any atom is 0.0736 e. The second kappa shape index (κ2) is 5.83. The standard InChI is InChI=1S/C19H15Cl2NO2/c20-10-7-8-14(16(21)9-10)17-12-4-1-3-11(12)13-5-2-6-15(19(23)24)18(13)22-17/h1-3,5-9,11-12,17,22H,4H2,(H,23,24)/p-1/t11-,12+,17+/m1/s1. The molecule has 1 aliphatic carbocycles. The van der Waals surface area contributed by atoms with Crippen molar-refractivity contribution < 1.29 is 9.90 Å². The number of para-hydroxylation sites is 1. The summed E-state index contributed by atoms with van der Waals surface area (Å²) in [6.45, 7) is 0. The summed E-state index contributed by atoms with van der Waals surface area (Å²) >= 11 is 12.4. The van der Waals surface area contributed by atoms with E-state index in [1.807, 2.05) is 18.2 Å². The van der Waals surface area contributed by atoms with E-state index in [4.69, 9.17) is 23.2 Å². The lowest BCUT2D eigenvalue weighted by molar-refractivity contribution is -0.254. The van der Waals surface area contributed by atoms with Gasteiger partial charge in [-0.1, -0.05) is 59.6 Å². The lowest BCUT2D eigenvalue weighted by Crippen LogP contribution is -2.32. The molecule has 1 aliphatic heterocycles. The van der Waals surface area contributed by atoms with Crippen LogP contribution in [0.1, 0.15) is 39.9 Å². The van der Waals surface area contributed by atoms with Crippen LogP contribution in [0.5, 0.6) is 0 Å². The molecule has 0 fully saturated rings. The zero-order valence-electron chi connectivity index (χ0n) is 12.6. The number of allylic oxidation sites excluding steroid dienone is 2. The Labute approximate surface area is 149 Å². The van der Waals surface area contributed by atoms with Crippen molar-refractivity contribution in [2.75, 3.05) is 5.32 Å². The second-order valence-corrected chi connectivity index (χ2v) is 7.04. The molecule has 0 spiro atoms. The van der Waals surface area contributed by atoms with Crippen LogP contribution in [-0.4, -0.2) is 5.97 Å². The summed E-state index contributed by atoms with van der Waals surface area (Å²) < 4.78 is 0. The molecule has 3 atom stereocenters. The minimum atomic E-state index is -1.18. The Morgan fingerprint density at radius 1 is 1.17 bits per heavy atom. The van der Waals surface area contributed by atoms with Gasteiger partial charge in [-0.2, -0.15) is 0 Å². The van der Waals surface area contributed by atoms with Gasteiger partial charge in [0.2, 0.25) is 0 Å². The van der Waals surface area contributed by atoms with Crippen molar-refractivity contribution in [3.05, 3.63) is 75.3 Å². The van der Waals surface area contributed by atoms with Crippen LogP contribution in [0.15, 0.2) is 48.6 Å². The van der Waals surface area contributed by atoms with E-state index in [9.17, 15) is 9.90 Å². The number of hydrogen-bond acceptors (Lipinski definition) is 3. The monoisotopic (exact) mass is 358 g/mol. The zero-order valence-corrected chi connectivity index (χ0v) is 14.1. The lowest BCUT2D eigenvalue weighted by Gasteiger charge is -2.39. The average molecular weight is 359 g/mol. The summed E-state index contributed by atoms with van der Waals surface area (Å²) in [6, 6.07) is 10.7. The first-order valence-corrected chi connectivity index (χ1v) is 8.54. The van der Waals surface area contributed by atoms with Crippen LogP contribution in [0.3, 0.4) is 0 Å². The molecule has 0 amide bonds. The Morgan fingerprint density at radius 2 is 2.00 bits per heavy atom. The van der Waals surface area contributed by atoms with E-state index in [-0.39, 0.29) is 23.4 Å². The van der Waals surface area contributed by atoms with Crippen LogP contribution >= 0.6 is 23.2 Å². The van der Waals surface area contributed by atoms with E-state index >= 15 is 0 Å². The van der Waals surface area contributed by atoms with Crippen molar-refractivity contribution in [3.8, 4) is 0 Å². The number of halogens is 2. The molecule has 0 radical (unpaired) electrons. The molecule has 24 heavy (non-hydrogen) atoms. The average Bonchev–Trinajstić information content (AvgIpc) is 3.03. The number of anilines is 1. The summed E-state index contributed by atoms with van der Waals surface area (Å²) in [5.74, 6) is -0.730. The normalized spacial score (nSPS) is 24.2. The maximum atomic E-state index is 11.5. The number of carboxylic acid groups (broad SMARTS) is 1. The summed E-state index contributed by atoms with van der Waals surface area (Å²) in [5.41, 5.74) is 2.73. The Bertz CT molecular complexity index is 862. The van der Waals surface area contributed by atoms with Gasteiger partial charge >= 0.3 is 0 Å². The fraction of sp³-hybridized carbons (Fsp3) is 0.211. The molecular formula is C19H14Cl2NO2-. The van der Waals surface area contributed by atoms with E-state index in [0.29, 0.717) is 15.7 Å². The zero-order chi connectivity index (χ0) is 16.8. The molecule has 0 unspecified atom stereocenters. The van der Waals surface area contributed by atoms with Crippen LogP contribution in [0.25, 0.3) is 0 Å². The summed E-state index contributed by atoms with van der Waals surface area (Å²) in [4.78, 5) is 11.5. The van der Waals surface area contributed by atoms with Crippen molar-refractivity contribution >= 4 is 34.9 Å². The number of benzene rings is 2. The summed E-state index contributed by atoms with van der Waals surface area (Å²) in [5, 5.41) is 16.1. The summed E-state index contributed by atoms with van der Waals surface area (Å²) in [7, 11) is 0. The molecule has 1 N–H and O–H groups in total. The third-order valence-electron chi connectivity index (χ3n) is 4.91. The molecule has 4 rings (SSSR count). The van der Waals surface area contributed by atoms with Crippen molar-refractivity contribution in [2.45, 2.75) is 18.4 Å². The van der Waals surface area contributed by atoms with Crippen molar-refractivity contribution in [1.82, 2.24) is 0 Å². The predicted octanol–water partition coefficient (Wildman–Crippen LogP) is 4.18. The fourth-order valence-electron chi connectivity index (χ4n) is 3.85. The molecule has 3 nitrogen and oxygen atoms in total. The number of nitrogens with one attached hydrogen (secondary N) is 1. The second-order valence-electron chi connectivity index (χ2n) is 6.20. The highest BCUT2D eigenvalue weighted by Gasteiger charge is 2.39. The van der Waals surface area contributed by atoms with Gasteiger partial charge in [0.05, 0.1) is 12.0 Å². The highest BCUT2D eigenvalue weighted by molar-refractivity contribution is 6.35. The molecule has 122 valence electrons. The predicted molar refractivity (Wildman–Crippen MR) is 93.6 cm³/mol. The van der Waals surface area contributed by atoms with Gasteiger partial charge in [-0.05, 0) is 35.6 Å². The lowest BCUT2D eigenvalue weighted by atomic mass is 9.76. The van der Waals surface area contributed by atoms with E-state index in [2.05, 4.69) is 17.5 Å². The van der Waals surface area contributed by atoms with Gasteiger partial charge in [-0.3, -0.25) is 0 Å². The number of fused-ring (bicyclic) bond motifs is 3. The van der Waals surface area contributed by atoms with Crippen molar-refractivity contribution in [3.63, 3.8) is 0 Å². The highest BCUT2D eigenvalue weighted by Crippen LogP contribution is 2.51. The number of rotatable bonds is 2. The smallest absolute Gasteiger partial charge is 0.0736 e. The van der Waals surface area contributed by atoms with Crippen LogP contribution < -0.4 is 10.4 Å². The Morgan fingerprint density at radius 3 is 2.75 bits per heavy atom.